The third kappa shape index (κ3) is 4.25. The van der Waals surface area contributed by atoms with E-state index in [0.29, 0.717) is 18.1 Å². The van der Waals surface area contributed by atoms with E-state index in [9.17, 15) is 14.4 Å². The van der Waals surface area contributed by atoms with Crippen LogP contribution >= 0.6 is 0 Å². The molecule has 1 N–H and O–H groups in total. The first-order valence-electron chi connectivity index (χ1n) is 17.6. The molecule has 6 aliphatic rings. The molecule has 0 radical (unpaired) electrons. The van der Waals surface area contributed by atoms with E-state index >= 15 is 0 Å². The Bertz CT molecular complexity index is 1480. The smallest absolute Gasteiger partial charge is 0.228 e. The number of furan rings is 1. The number of rotatable bonds is 2. The van der Waals surface area contributed by atoms with Crippen LogP contribution < -0.4 is 5.32 Å². The normalized spacial score (nSPS) is 45.2. The van der Waals surface area contributed by atoms with Crippen molar-refractivity contribution < 1.29 is 18.8 Å². The minimum atomic E-state index is -0.557. The molecule has 8 atom stereocenters. The number of hydrogen-bond donors (Lipinski definition) is 1. The lowest BCUT2D eigenvalue weighted by atomic mass is 9.33. The van der Waals surface area contributed by atoms with Gasteiger partial charge in [-0.05, 0) is 115 Å². The van der Waals surface area contributed by atoms with Crippen LogP contribution in [0.5, 0.6) is 0 Å². The molecule has 1 aromatic rings. The van der Waals surface area contributed by atoms with Crippen molar-refractivity contribution in [3.05, 3.63) is 41.4 Å². The summed E-state index contributed by atoms with van der Waals surface area (Å²) in [6, 6.07) is 3.76. The summed E-state index contributed by atoms with van der Waals surface area (Å²) < 4.78 is 5.65. The number of fused-ring (bicyclic) bond motifs is 7. The second-order valence-corrected chi connectivity index (χ2v) is 17.7. The van der Waals surface area contributed by atoms with Gasteiger partial charge >= 0.3 is 0 Å². The Morgan fingerprint density at radius 1 is 0.978 bits per heavy atom. The molecule has 0 aromatic carbocycles. The van der Waals surface area contributed by atoms with Crippen LogP contribution in [0.2, 0.25) is 0 Å². The number of hydrogen-bond acceptors (Lipinski definition) is 5. The molecule has 0 bridgehead atoms. The summed E-state index contributed by atoms with van der Waals surface area (Å²) in [7, 11) is 0. The van der Waals surface area contributed by atoms with Crippen molar-refractivity contribution in [2.24, 2.45) is 50.2 Å². The Morgan fingerprint density at radius 2 is 1.69 bits per heavy atom. The molecule has 4 saturated carbocycles. The van der Waals surface area contributed by atoms with Crippen molar-refractivity contribution in [1.29, 1.82) is 0 Å². The monoisotopic (exact) mass is 614 g/mol. The summed E-state index contributed by atoms with van der Waals surface area (Å²) >= 11 is 0. The van der Waals surface area contributed by atoms with Crippen LogP contribution in [0.4, 0.5) is 0 Å². The van der Waals surface area contributed by atoms with Crippen LogP contribution in [0.25, 0.3) is 6.08 Å². The van der Waals surface area contributed by atoms with Crippen molar-refractivity contribution in [2.45, 2.75) is 99.8 Å². The molecule has 1 aliphatic heterocycles. The average Bonchev–Trinajstić information content (AvgIpc) is 3.51. The third-order valence-electron chi connectivity index (χ3n) is 14.9. The van der Waals surface area contributed by atoms with Gasteiger partial charge in [0.15, 0.2) is 11.6 Å². The molecule has 1 aromatic heterocycles. The fourth-order valence-electron chi connectivity index (χ4n) is 12.2. The van der Waals surface area contributed by atoms with Crippen LogP contribution in [0.1, 0.15) is 106 Å². The number of carbonyl (C=O) groups is 3. The van der Waals surface area contributed by atoms with Crippen LogP contribution in [-0.2, 0) is 14.4 Å². The van der Waals surface area contributed by atoms with Crippen molar-refractivity contribution in [3.8, 4) is 0 Å². The lowest BCUT2D eigenvalue weighted by Gasteiger charge is -2.70. The molecule has 6 nitrogen and oxygen atoms in total. The van der Waals surface area contributed by atoms with Gasteiger partial charge in [0, 0.05) is 42.9 Å². The largest absolute Gasteiger partial charge is 0.465 e. The van der Waals surface area contributed by atoms with Gasteiger partial charge in [-0.25, -0.2) is 0 Å². The predicted molar refractivity (Wildman–Crippen MR) is 176 cm³/mol. The zero-order valence-corrected chi connectivity index (χ0v) is 28.7. The van der Waals surface area contributed by atoms with Crippen molar-refractivity contribution >= 4 is 23.5 Å². The minimum absolute atomic E-state index is 0.108. The Labute approximate surface area is 269 Å². The van der Waals surface area contributed by atoms with Crippen LogP contribution in [0.15, 0.2) is 40.0 Å². The molecule has 5 aliphatic carbocycles. The number of nitrogens with one attached hydrogen (secondary N) is 1. The van der Waals surface area contributed by atoms with Gasteiger partial charge in [0.2, 0.25) is 5.91 Å². The highest BCUT2D eigenvalue weighted by Crippen LogP contribution is 2.75. The van der Waals surface area contributed by atoms with Gasteiger partial charge in [-0.15, -0.1) is 0 Å². The summed E-state index contributed by atoms with van der Waals surface area (Å²) in [5.41, 5.74) is 0.584. The Kier molecular flexibility index (Phi) is 6.93. The van der Waals surface area contributed by atoms with Gasteiger partial charge in [-0.2, -0.15) is 0 Å². The molecule has 244 valence electrons. The fraction of sp³-hybridized carbons (Fsp3) is 0.718. The molecule has 5 fully saturated rings. The molecule has 2 heterocycles. The molecule has 7 rings (SSSR count). The van der Waals surface area contributed by atoms with Crippen molar-refractivity contribution in [3.63, 3.8) is 0 Å². The quantitative estimate of drug-likeness (QED) is 0.355. The number of nitrogens with zero attached hydrogens (tertiary/aromatic N) is 1. The van der Waals surface area contributed by atoms with E-state index in [0.717, 1.165) is 76.7 Å². The number of piperazine rings is 1. The summed E-state index contributed by atoms with van der Waals surface area (Å²) in [5.74, 6) is 1.66. The lowest BCUT2D eigenvalue weighted by Crippen LogP contribution is -2.66. The first-order chi connectivity index (χ1) is 21.1. The zero-order chi connectivity index (χ0) is 32.2. The summed E-state index contributed by atoms with van der Waals surface area (Å²) in [6.45, 7) is 19.3. The van der Waals surface area contributed by atoms with Crippen molar-refractivity contribution in [1.82, 2.24) is 10.2 Å². The van der Waals surface area contributed by atoms with Gasteiger partial charge in [0.05, 0.1) is 6.26 Å². The van der Waals surface area contributed by atoms with E-state index < -0.39 is 10.8 Å². The van der Waals surface area contributed by atoms with Gasteiger partial charge < -0.3 is 14.6 Å². The molecule has 1 amide bonds. The van der Waals surface area contributed by atoms with Crippen LogP contribution in [0, 0.1) is 50.2 Å². The number of amides is 1. The summed E-state index contributed by atoms with van der Waals surface area (Å²) in [5, 5.41) is 3.39. The second kappa shape index (κ2) is 10.0. The maximum absolute atomic E-state index is 14.8. The van der Waals surface area contributed by atoms with E-state index in [1.807, 2.05) is 18.2 Å². The van der Waals surface area contributed by atoms with Crippen LogP contribution in [0.3, 0.4) is 0 Å². The highest BCUT2D eigenvalue weighted by molar-refractivity contribution is 6.05. The molecule has 6 heteroatoms. The highest BCUT2D eigenvalue weighted by Gasteiger charge is 2.70. The van der Waals surface area contributed by atoms with E-state index in [1.165, 1.54) is 5.57 Å². The average molecular weight is 615 g/mol. The van der Waals surface area contributed by atoms with Crippen molar-refractivity contribution in [2.75, 3.05) is 26.2 Å². The fourth-order valence-corrected chi connectivity index (χ4v) is 12.2. The van der Waals surface area contributed by atoms with E-state index in [-0.39, 0.29) is 51.0 Å². The maximum atomic E-state index is 14.8. The number of carbonyl (C=O) groups excluding carboxylic acids is 3. The Morgan fingerprint density at radius 3 is 2.38 bits per heavy atom. The first-order valence-corrected chi connectivity index (χ1v) is 17.6. The predicted octanol–water partition coefficient (Wildman–Crippen LogP) is 7.25. The second-order valence-electron chi connectivity index (χ2n) is 17.7. The third-order valence-corrected chi connectivity index (χ3v) is 14.9. The maximum Gasteiger partial charge on any atom is 0.228 e. The molecule has 45 heavy (non-hydrogen) atoms. The van der Waals surface area contributed by atoms with Gasteiger partial charge in [0.25, 0.3) is 0 Å². The summed E-state index contributed by atoms with van der Waals surface area (Å²) in [4.78, 5) is 44.9. The Balaban J connectivity index is 1.29. The minimum Gasteiger partial charge on any atom is -0.465 e. The van der Waals surface area contributed by atoms with E-state index in [2.05, 4.69) is 64.8 Å². The zero-order valence-electron chi connectivity index (χ0n) is 28.7. The van der Waals surface area contributed by atoms with Gasteiger partial charge in [-0.1, -0.05) is 54.0 Å². The van der Waals surface area contributed by atoms with Gasteiger partial charge in [-0.3, -0.25) is 14.4 Å². The van der Waals surface area contributed by atoms with Crippen LogP contribution in [-0.4, -0.2) is 48.6 Å². The molecular weight excluding hydrogens is 560 g/mol. The SMILES string of the molecule is CC1(C)C(=O)/C(=C\c2ccco2)C[C@]2(C)[C@H]3C(=O)C=C4[C@@H]5C[C@](C)(C(=O)N6CCNCC6)CC[C@]5(C)CC[C@@]4(C)[C@]3(C)CC[C@@H]12. The highest BCUT2D eigenvalue weighted by atomic mass is 16.3. The summed E-state index contributed by atoms with van der Waals surface area (Å²) in [6.07, 6.45) is 13.2. The molecule has 1 saturated heterocycles. The Hall–Kier alpha value is -2.47. The van der Waals surface area contributed by atoms with E-state index in [1.54, 1.807) is 6.26 Å². The molecular formula is C39H54N2O4. The number of allylic oxidation sites excluding steroid dienone is 3. The lowest BCUT2D eigenvalue weighted by molar-refractivity contribution is -0.182. The van der Waals surface area contributed by atoms with E-state index in [4.69, 9.17) is 4.42 Å². The first kappa shape index (κ1) is 31.1. The topological polar surface area (TPSA) is 79.6 Å². The molecule has 0 spiro atoms. The number of ketones is 2. The number of Topliss-reactive ketones (excluding diaryl/α,β-unsaturated/α-hetero) is 1. The molecule has 0 unspecified atom stereocenters. The van der Waals surface area contributed by atoms with Gasteiger partial charge in [0.1, 0.15) is 5.76 Å². The standard InChI is InChI=1S/C39H54N2O4/c1-34(2)30-10-11-39(7)31(37(30,5)23-25(32(34)43)21-26-9-8-20-45-26)29(42)22-27-28-24-36(4,33(44)41-18-16-40-17-19-41)13-12-35(28,3)14-15-38(27,39)6/h8-9,20-22,28,30-31,40H,10-19,23-24H2,1-7H3/b25-21-/t28-,30-,31+,35+,36+,37-,38+,39+/m0/s1.